The van der Waals surface area contributed by atoms with E-state index in [2.05, 4.69) is 0 Å². The molecule has 0 aliphatic heterocycles. The number of hydrogen-bond donors (Lipinski definition) is 0. The number of benzene rings is 2. The molecule has 1 atom stereocenters. The van der Waals surface area contributed by atoms with Crippen molar-refractivity contribution >= 4 is 29.2 Å². The number of carbonyl (C=O) groups is 1. The third-order valence-corrected chi connectivity index (χ3v) is 3.29. The number of halogens is 2. The lowest BCUT2D eigenvalue weighted by molar-refractivity contribution is -0.308. The van der Waals surface area contributed by atoms with Crippen molar-refractivity contribution in [3.8, 4) is 0 Å². The van der Waals surface area contributed by atoms with Gasteiger partial charge in [0.2, 0.25) is 0 Å². The van der Waals surface area contributed by atoms with Crippen LogP contribution in [0.4, 0.5) is 0 Å². The molecule has 2 aromatic rings. The van der Waals surface area contributed by atoms with Crippen LogP contribution in [0, 0.1) is 0 Å². The Morgan fingerprint density at radius 3 is 2.16 bits per heavy atom. The number of carboxylic acids is 1. The van der Waals surface area contributed by atoms with Crippen LogP contribution < -0.4 is 5.11 Å². The molecule has 0 amide bonds. The maximum atomic E-state index is 11.3. The first-order valence-corrected chi connectivity index (χ1v) is 6.52. The van der Waals surface area contributed by atoms with Gasteiger partial charge in [-0.15, -0.1) is 0 Å². The van der Waals surface area contributed by atoms with Crippen LogP contribution in [0.3, 0.4) is 0 Å². The van der Waals surface area contributed by atoms with Crippen molar-refractivity contribution in [3.05, 3.63) is 69.7 Å². The van der Waals surface area contributed by atoms with Crippen molar-refractivity contribution in [2.75, 3.05) is 0 Å². The zero-order valence-electron chi connectivity index (χ0n) is 9.98. The zero-order valence-corrected chi connectivity index (χ0v) is 11.5. The first-order valence-electron chi connectivity index (χ1n) is 5.77. The van der Waals surface area contributed by atoms with Crippen molar-refractivity contribution in [2.45, 2.75) is 12.3 Å². The second-order valence-corrected chi connectivity index (χ2v) is 5.14. The molecule has 2 aromatic carbocycles. The fourth-order valence-electron chi connectivity index (χ4n) is 1.96. The monoisotopic (exact) mass is 293 g/mol. The summed E-state index contributed by atoms with van der Waals surface area (Å²) in [5.74, 6) is -1.90. The van der Waals surface area contributed by atoms with Crippen LogP contribution in [-0.2, 0) is 11.2 Å². The quantitative estimate of drug-likeness (QED) is 0.869. The first-order chi connectivity index (χ1) is 9.06. The summed E-state index contributed by atoms with van der Waals surface area (Å²) in [5, 5.41) is 12.2. The van der Waals surface area contributed by atoms with Crippen molar-refractivity contribution in [1.29, 1.82) is 0 Å². The van der Waals surface area contributed by atoms with Gasteiger partial charge in [-0.05, 0) is 35.7 Å². The number of hydrogen-bond acceptors (Lipinski definition) is 2. The minimum atomic E-state index is -1.14. The van der Waals surface area contributed by atoms with E-state index in [1.807, 2.05) is 30.3 Å². The molecule has 0 aliphatic rings. The Morgan fingerprint density at radius 1 is 1.05 bits per heavy atom. The summed E-state index contributed by atoms with van der Waals surface area (Å²) in [5.41, 5.74) is 1.48. The van der Waals surface area contributed by atoms with Gasteiger partial charge in [0, 0.05) is 21.9 Å². The Kier molecular flexibility index (Phi) is 4.46. The molecule has 0 fully saturated rings. The minimum absolute atomic E-state index is 0.347. The predicted molar refractivity (Wildman–Crippen MR) is 74.4 cm³/mol. The van der Waals surface area contributed by atoms with Gasteiger partial charge in [-0.1, -0.05) is 53.5 Å². The summed E-state index contributed by atoms with van der Waals surface area (Å²) in [4.78, 5) is 11.3. The van der Waals surface area contributed by atoms with Crippen LogP contribution in [0.25, 0.3) is 0 Å². The lowest BCUT2D eigenvalue weighted by atomic mass is 9.92. The molecule has 0 aliphatic carbocycles. The number of carbonyl (C=O) groups excluding carboxylic acids is 1. The van der Waals surface area contributed by atoms with E-state index in [-0.39, 0.29) is 0 Å². The topological polar surface area (TPSA) is 40.1 Å². The molecule has 0 radical (unpaired) electrons. The van der Waals surface area contributed by atoms with E-state index < -0.39 is 11.9 Å². The third-order valence-electron chi connectivity index (χ3n) is 2.85. The highest BCUT2D eigenvalue weighted by atomic mass is 35.5. The van der Waals surface area contributed by atoms with Crippen LogP contribution in [0.5, 0.6) is 0 Å². The first kappa shape index (κ1) is 13.9. The molecular weight excluding hydrogens is 283 g/mol. The summed E-state index contributed by atoms with van der Waals surface area (Å²) >= 11 is 11.8. The summed E-state index contributed by atoms with van der Waals surface area (Å²) in [6, 6.07) is 14.2. The molecule has 2 rings (SSSR count). The highest BCUT2D eigenvalue weighted by Gasteiger charge is 2.15. The summed E-state index contributed by atoms with van der Waals surface area (Å²) in [6.45, 7) is 0. The van der Waals surface area contributed by atoms with Gasteiger partial charge in [0.05, 0.1) is 0 Å². The van der Waals surface area contributed by atoms with E-state index in [4.69, 9.17) is 23.2 Å². The van der Waals surface area contributed by atoms with Gasteiger partial charge in [0.1, 0.15) is 0 Å². The van der Waals surface area contributed by atoms with Gasteiger partial charge in [-0.3, -0.25) is 0 Å². The molecule has 19 heavy (non-hydrogen) atoms. The summed E-state index contributed by atoms with van der Waals surface area (Å²) < 4.78 is 0. The van der Waals surface area contributed by atoms with Crippen molar-refractivity contribution in [1.82, 2.24) is 0 Å². The molecule has 0 aromatic heterocycles. The van der Waals surface area contributed by atoms with Gasteiger partial charge < -0.3 is 9.90 Å². The smallest absolute Gasteiger partial charge is 0.0492 e. The van der Waals surface area contributed by atoms with Crippen molar-refractivity contribution in [3.63, 3.8) is 0 Å². The number of rotatable bonds is 4. The Bertz CT molecular complexity index is 562. The third kappa shape index (κ3) is 3.72. The Balaban J connectivity index is 2.32. The summed E-state index contributed by atoms with van der Waals surface area (Å²) in [7, 11) is 0. The van der Waals surface area contributed by atoms with Crippen LogP contribution in [0.2, 0.25) is 10.0 Å². The van der Waals surface area contributed by atoms with E-state index in [1.165, 1.54) is 0 Å². The highest BCUT2D eigenvalue weighted by Crippen LogP contribution is 2.27. The zero-order chi connectivity index (χ0) is 13.8. The fourth-order valence-corrected chi connectivity index (χ4v) is 2.51. The number of aliphatic carboxylic acids is 1. The van der Waals surface area contributed by atoms with Crippen molar-refractivity contribution in [2.24, 2.45) is 0 Å². The van der Waals surface area contributed by atoms with Crippen LogP contribution in [-0.4, -0.2) is 5.97 Å². The van der Waals surface area contributed by atoms with Crippen LogP contribution >= 0.6 is 23.2 Å². The van der Waals surface area contributed by atoms with Crippen molar-refractivity contribution < 1.29 is 9.90 Å². The number of carboxylic acid groups (broad SMARTS) is 1. The van der Waals surface area contributed by atoms with Crippen LogP contribution in [0.15, 0.2) is 48.5 Å². The molecule has 0 saturated heterocycles. The van der Waals surface area contributed by atoms with Gasteiger partial charge in [0.25, 0.3) is 0 Å². The SMILES string of the molecule is O=C([O-])C(Cc1ccccc1)c1cc(Cl)cc(Cl)c1. The van der Waals surface area contributed by atoms with E-state index in [0.29, 0.717) is 22.0 Å². The van der Waals surface area contributed by atoms with E-state index in [9.17, 15) is 9.90 Å². The standard InChI is InChI=1S/C15H12Cl2O2/c16-12-7-11(8-13(17)9-12)14(15(18)19)6-10-4-2-1-3-5-10/h1-5,7-9,14H,6H2,(H,18,19)/p-1. The van der Waals surface area contributed by atoms with Crippen LogP contribution in [0.1, 0.15) is 17.0 Å². The summed E-state index contributed by atoms with van der Waals surface area (Å²) in [6.07, 6.45) is 0.347. The lowest BCUT2D eigenvalue weighted by Gasteiger charge is -2.19. The normalized spacial score (nSPS) is 12.1. The maximum Gasteiger partial charge on any atom is 0.0492 e. The molecule has 0 spiro atoms. The molecule has 98 valence electrons. The predicted octanol–water partition coefficient (Wildman–Crippen LogP) is 3.07. The molecule has 0 bridgehead atoms. The largest absolute Gasteiger partial charge is 0.549 e. The molecule has 1 unspecified atom stereocenters. The second-order valence-electron chi connectivity index (χ2n) is 4.26. The van der Waals surface area contributed by atoms with E-state index in [1.54, 1.807) is 18.2 Å². The lowest BCUT2D eigenvalue weighted by Crippen LogP contribution is -2.31. The van der Waals surface area contributed by atoms with E-state index in [0.717, 1.165) is 5.56 Å². The molecule has 0 saturated carbocycles. The molecule has 4 heteroatoms. The van der Waals surface area contributed by atoms with Gasteiger partial charge in [0.15, 0.2) is 0 Å². The maximum absolute atomic E-state index is 11.3. The average molecular weight is 294 g/mol. The molecule has 2 nitrogen and oxygen atoms in total. The molecule has 0 heterocycles. The minimum Gasteiger partial charge on any atom is -0.549 e. The van der Waals surface area contributed by atoms with E-state index >= 15 is 0 Å². The Labute approximate surface area is 121 Å². The Hall–Kier alpha value is -1.51. The molecular formula is C15H11Cl2O2-. The Morgan fingerprint density at radius 2 is 1.63 bits per heavy atom. The average Bonchev–Trinajstić information content (AvgIpc) is 2.35. The molecule has 0 N–H and O–H groups in total. The van der Waals surface area contributed by atoms with Gasteiger partial charge >= 0.3 is 0 Å². The fraction of sp³-hybridized carbons (Fsp3) is 0.133. The second kappa shape index (κ2) is 6.09. The highest BCUT2D eigenvalue weighted by molar-refractivity contribution is 6.34. The van der Waals surface area contributed by atoms with Gasteiger partial charge in [-0.2, -0.15) is 0 Å². The van der Waals surface area contributed by atoms with Gasteiger partial charge in [-0.25, -0.2) is 0 Å².